The molecule has 3 N–H and O–H groups in total. The fraction of sp³-hybridized carbons (Fsp3) is 0.688. The number of nitrogens with two attached hydrogens (primary N) is 1. The summed E-state index contributed by atoms with van der Waals surface area (Å²) in [6.07, 6.45) is 5.55. The Morgan fingerprint density at radius 1 is 1.48 bits per heavy atom. The van der Waals surface area contributed by atoms with Crippen LogP contribution < -0.4 is 11.3 Å². The molecule has 1 aromatic heterocycles. The first-order chi connectivity index (χ1) is 10.9. The van der Waals surface area contributed by atoms with Crippen LogP contribution >= 0.6 is 0 Å². The summed E-state index contributed by atoms with van der Waals surface area (Å²) in [6, 6.07) is -0.0635. The minimum Gasteiger partial charge on any atom is -0.362 e. The second-order valence-electron chi connectivity index (χ2n) is 6.29. The van der Waals surface area contributed by atoms with Crippen LogP contribution in [0.25, 0.3) is 0 Å². The van der Waals surface area contributed by atoms with Gasteiger partial charge in [0.25, 0.3) is 5.91 Å². The molecule has 0 saturated heterocycles. The van der Waals surface area contributed by atoms with Gasteiger partial charge in [-0.1, -0.05) is 40.7 Å². The van der Waals surface area contributed by atoms with Crippen LogP contribution in [-0.2, 0) is 9.53 Å². The molecule has 0 radical (unpaired) electrons. The molecule has 1 amide bonds. The molecule has 0 aliphatic rings. The molecule has 0 aliphatic heterocycles. The van der Waals surface area contributed by atoms with Crippen molar-refractivity contribution in [3.8, 4) is 0 Å². The smallest absolute Gasteiger partial charge is 0.259 e. The number of rotatable bonds is 10. The second-order valence-corrected chi connectivity index (χ2v) is 6.29. The summed E-state index contributed by atoms with van der Waals surface area (Å²) in [7, 11) is 0. The zero-order valence-corrected chi connectivity index (χ0v) is 14.6. The minimum atomic E-state index is -0.369. The Morgan fingerprint density at radius 2 is 2.17 bits per heavy atom. The Labute approximate surface area is 138 Å². The molecule has 0 saturated carbocycles. The molecule has 1 rings (SSSR count). The van der Waals surface area contributed by atoms with Crippen LogP contribution in [0.2, 0.25) is 0 Å². The molecular weight excluding hydrogens is 294 g/mol. The summed E-state index contributed by atoms with van der Waals surface area (Å²) in [5, 5.41) is 4.25. The van der Waals surface area contributed by atoms with Gasteiger partial charge in [-0.25, -0.2) is 15.5 Å². The lowest BCUT2D eigenvalue weighted by Crippen LogP contribution is -2.39. The van der Waals surface area contributed by atoms with Crippen molar-refractivity contribution in [1.82, 2.24) is 20.2 Å². The van der Waals surface area contributed by atoms with Gasteiger partial charge in [0.1, 0.15) is 25.4 Å². The maximum atomic E-state index is 11.5. The van der Waals surface area contributed by atoms with Crippen molar-refractivity contribution in [2.24, 2.45) is 11.3 Å². The average molecular weight is 323 g/mol. The van der Waals surface area contributed by atoms with Gasteiger partial charge in [0.15, 0.2) is 0 Å². The molecular formula is C16H29N5O2. The van der Waals surface area contributed by atoms with Crippen molar-refractivity contribution in [3.05, 3.63) is 24.8 Å². The zero-order valence-electron chi connectivity index (χ0n) is 14.6. The quantitative estimate of drug-likeness (QED) is 0.297. The molecule has 2 unspecified atom stereocenters. The van der Waals surface area contributed by atoms with Gasteiger partial charge in [-0.3, -0.25) is 10.2 Å². The predicted molar refractivity (Wildman–Crippen MR) is 89.2 cm³/mol. The van der Waals surface area contributed by atoms with E-state index in [1.807, 2.05) is 0 Å². The number of amides is 1. The van der Waals surface area contributed by atoms with Gasteiger partial charge >= 0.3 is 0 Å². The van der Waals surface area contributed by atoms with Gasteiger partial charge in [0, 0.05) is 0 Å². The predicted octanol–water partition coefficient (Wildman–Crippen LogP) is 1.99. The van der Waals surface area contributed by atoms with E-state index >= 15 is 0 Å². The topological polar surface area (TPSA) is 95.1 Å². The number of carbonyl (C=O) groups excluding carboxylic acids is 1. The molecule has 7 nitrogen and oxygen atoms in total. The lowest BCUT2D eigenvalue weighted by Gasteiger charge is -2.36. The third-order valence-electron chi connectivity index (χ3n) is 4.36. The summed E-state index contributed by atoms with van der Waals surface area (Å²) < 4.78 is 7.69. The third-order valence-corrected chi connectivity index (χ3v) is 4.36. The summed E-state index contributed by atoms with van der Waals surface area (Å²) >= 11 is 0. The first-order valence-electron chi connectivity index (χ1n) is 8.01. The van der Waals surface area contributed by atoms with Gasteiger partial charge in [-0.15, -0.1) is 0 Å². The third kappa shape index (κ3) is 5.14. The number of hydrazine groups is 1. The van der Waals surface area contributed by atoms with E-state index in [0.717, 1.165) is 24.8 Å². The van der Waals surface area contributed by atoms with E-state index in [9.17, 15) is 4.79 Å². The van der Waals surface area contributed by atoms with E-state index in [2.05, 4.69) is 49.8 Å². The number of aromatic nitrogens is 3. The largest absolute Gasteiger partial charge is 0.362 e. The van der Waals surface area contributed by atoms with Crippen molar-refractivity contribution in [2.75, 3.05) is 6.61 Å². The van der Waals surface area contributed by atoms with Crippen molar-refractivity contribution >= 4 is 5.91 Å². The van der Waals surface area contributed by atoms with Crippen molar-refractivity contribution < 1.29 is 9.53 Å². The van der Waals surface area contributed by atoms with E-state index in [1.165, 1.54) is 6.33 Å². The number of nitrogens with zero attached hydrogens (tertiary/aromatic N) is 3. The van der Waals surface area contributed by atoms with Crippen LogP contribution in [0, 0.1) is 5.41 Å². The van der Waals surface area contributed by atoms with Crippen LogP contribution in [-0.4, -0.2) is 33.4 Å². The zero-order chi connectivity index (χ0) is 17.5. The Morgan fingerprint density at radius 3 is 2.65 bits per heavy atom. The number of hydrogen-bond donors (Lipinski definition) is 2. The fourth-order valence-electron chi connectivity index (χ4n) is 2.37. The number of hydrogen-bond acceptors (Lipinski definition) is 5. The van der Waals surface area contributed by atoms with E-state index in [-0.39, 0.29) is 30.1 Å². The van der Waals surface area contributed by atoms with Crippen molar-refractivity contribution in [3.63, 3.8) is 0 Å². The molecule has 0 bridgehead atoms. The number of nitrogens with one attached hydrogen (secondary N) is 1. The maximum absolute atomic E-state index is 11.5. The van der Waals surface area contributed by atoms with E-state index in [1.54, 1.807) is 11.0 Å². The van der Waals surface area contributed by atoms with Crippen molar-refractivity contribution in [2.45, 2.75) is 59.1 Å². The highest BCUT2D eigenvalue weighted by Crippen LogP contribution is 2.37. The first kappa shape index (κ1) is 19.3. The maximum Gasteiger partial charge on any atom is 0.259 e. The summed E-state index contributed by atoms with van der Waals surface area (Å²) in [6.45, 7) is 12.6. The molecule has 0 spiro atoms. The van der Waals surface area contributed by atoms with E-state index in [0.29, 0.717) is 0 Å². The Bertz CT molecular complexity index is 499. The second kappa shape index (κ2) is 8.79. The van der Waals surface area contributed by atoms with E-state index in [4.69, 9.17) is 10.6 Å². The molecule has 2 atom stereocenters. The van der Waals surface area contributed by atoms with Gasteiger partial charge in [-0.05, 0) is 23.8 Å². The van der Waals surface area contributed by atoms with Crippen LogP contribution in [0.4, 0.5) is 0 Å². The van der Waals surface area contributed by atoms with Gasteiger partial charge in [0.05, 0.1) is 6.04 Å². The lowest BCUT2D eigenvalue weighted by molar-refractivity contribution is -0.128. The SMILES string of the molecule is C=C(C(OCC(=O)NN)C(CCC)n1cncn1)C(C)(C)CC. The van der Waals surface area contributed by atoms with Crippen molar-refractivity contribution in [1.29, 1.82) is 0 Å². The minimum absolute atomic E-state index is 0.0635. The summed E-state index contributed by atoms with van der Waals surface area (Å²) in [5.41, 5.74) is 2.92. The summed E-state index contributed by atoms with van der Waals surface area (Å²) in [4.78, 5) is 15.5. The van der Waals surface area contributed by atoms with Crippen LogP contribution in [0.1, 0.15) is 53.0 Å². The molecule has 7 heteroatoms. The van der Waals surface area contributed by atoms with Gasteiger partial charge in [-0.2, -0.15) is 5.10 Å². The highest BCUT2D eigenvalue weighted by Gasteiger charge is 2.34. The normalized spacial score (nSPS) is 14.3. The van der Waals surface area contributed by atoms with Crippen LogP contribution in [0.15, 0.2) is 24.8 Å². The van der Waals surface area contributed by atoms with Crippen LogP contribution in [0.5, 0.6) is 0 Å². The van der Waals surface area contributed by atoms with E-state index < -0.39 is 0 Å². The van der Waals surface area contributed by atoms with Gasteiger partial charge in [0.2, 0.25) is 0 Å². The highest BCUT2D eigenvalue weighted by molar-refractivity contribution is 5.76. The molecule has 1 heterocycles. The lowest BCUT2D eigenvalue weighted by atomic mass is 9.77. The first-order valence-corrected chi connectivity index (χ1v) is 8.01. The molecule has 130 valence electrons. The molecule has 23 heavy (non-hydrogen) atoms. The molecule has 0 aromatic carbocycles. The monoisotopic (exact) mass is 323 g/mol. The standard InChI is InChI=1S/C16H29N5O2/c1-6-8-13(21-11-18-10-19-21)15(23-9-14(22)20-17)12(3)16(4,5)7-2/h10-11,13,15H,3,6-9,17H2,1-2,4-5H3,(H,20,22). The van der Waals surface area contributed by atoms with Crippen LogP contribution in [0.3, 0.4) is 0 Å². The Kier molecular flexibility index (Phi) is 7.38. The number of carbonyl (C=O) groups is 1. The fourth-order valence-corrected chi connectivity index (χ4v) is 2.37. The average Bonchev–Trinajstić information content (AvgIpc) is 3.07. The molecule has 1 aromatic rings. The molecule has 0 fully saturated rings. The number of ether oxygens (including phenoxy) is 1. The Hall–Kier alpha value is -1.73. The molecule has 0 aliphatic carbocycles. The summed E-state index contributed by atoms with van der Waals surface area (Å²) in [5.74, 6) is 4.78. The highest BCUT2D eigenvalue weighted by atomic mass is 16.5. The van der Waals surface area contributed by atoms with Gasteiger partial charge < -0.3 is 4.74 Å². The Balaban J connectivity index is 3.09.